The Kier molecular flexibility index (Phi) is 4.70. The van der Waals surface area contributed by atoms with E-state index in [2.05, 4.69) is 4.98 Å². The van der Waals surface area contributed by atoms with Gasteiger partial charge in [0.2, 0.25) is 0 Å². The lowest BCUT2D eigenvalue weighted by Gasteiger charge is -2.56. The van der Waals surface area contributed by atoms with Gasteiger partial charge in [-0.25, -0.2) is 4.39 Å². The number of hydrogen-bond acceptors (Lipinski definition) is 4. The van der Waals surface area contributed by atoms with Crippen molar-refractivity contribution in [3.8, 4) is 11.3 Å². The highest BCUT2D eigenvalue weighted by atomic mass is 19.1. The fraction of sp³-hybridized carbons (Fsp3) is 0.429. The van der Waals surface area contributed by atoms with Crippen molar-refractivity contribution >= 4 is 5.91 Å². The van der Waals surface area contributed by atoms with Crippen LogP contribution in [0.4, 0.5) is 4.39 Å². The number of ether oxygens (including phenoxy) is 1. The zero-order valence-corrected chi connectivity index (χ0v) is 15.3. The van der Waals surface area contributed by atoms with Gasteiger partial charge >= 0.3 is 0 Å². The number of rotatable bonds is 3. The summed E-state index contributed by atoms with van der Waals surface area (Å²) in [6.07, 6.45) is 3.45. The van der Waals surface area contributed by atoms with E-state index in [1.807, 2.05) is 4.90 Å². The third kappa shape index (κ3) is 3.13. The molecule has 27 heavy (non-hydrogen) atoms. The van der Waals surface area contributed by atoms with Crippen LogP contribution in [0, 0.1) is 11.2 Å². The van der Waals surface area contributed by atoms with Crippen molar-refractivity contribution in [3.63, 3.8) is 0 Å². The second-order valence-corrected chi connectivity index (χ2v) is 7.44. The lowest BCUT2D eigenvalue weighted by Crippen LogP contribution is -2.62. The number of aromatic nitrogens is 1. The Bertz CT molecular complexity index is 832. The van der Waals surface area contributed by atoms with Gasteiger partial charge in [-0.2, -0.15) is 0 Å². The van der Waals surface area contributed by atoms with E-state index >= 15 is 0 Å². The van der Waals surface area contributed by atoms with Gasteiger partial charge in [-0.15, -0.1) is 0 Å². The van der Waals surface area contributed by atoms with Crippen LogP contribution < -0.4 is 0 Å². The van der Waals surface area contributed by atoms with E-state index in [0.717, 1.165) is 12.8 Å². The Morgan fingerprint density at radius 3 is 2.67 bits per heavy atom. The molecule has 1 amide bonds. The summed E-state index contributed by atoms with van der Waals surface area (Å²) in [6, 6.07) is 9.70. The quantitative estimate of drug-likeness (QED) is 0.902. The van der Waals surface area contributed by atoms with E-state index in [0.29, 0.717) is 36.3 Å². The van der Waals surface area contributed by atoms with E-state index in [4.69, 9.17) is 4.74 Å². The molecule has 1 aliphatic carbocycles. The number of halogens is 1. The van der Waals surface area contributed by atoms with Crippen molar-refractivity contribution in [1.82, 2.24) is 9.88 Å². The Morgan fingerprint density at radius 2 is 2.07 bits per heavy atom. The molecule has 1 aromatic heterocycles. The molecule has 0 unspecified atom stereocenters. The number of aliphatic hydroxyl groups excluding tert-OH is 1. The summed E-state index contributed by atoms with van der Waals surface area (Å²) in [6.45, 7) is 1.20. The van der Waals surface area contributed by atoms with E-state index in [1.165, 1.54) is 12.1 Å². The van der Waals surface area contributed by atoms with E-state index < -0.39 is 0 Å². The average molecular weight is 370 g/mol. The van der Waals surface area contributed by atoms with E-state index in [9.17, 15) is 14.3 Å². The summed E-state index contributed by atoms with van der Waals surface area (Å²) in [5.74, 6) is -0.379. The second kappa shape index (κ2) is 7.02. The highest BCUT2D eigenvalue weighted by molar-refractivity contribution is 5.94. The zero-order valence-electron chi connectivity index (χ0n) is 15.3. The van der Waals surface area contributed by atoms with Gasteiger partial charge in [-0.05, 0) is 37.1 Å². The van der Waals surface area contributed by atoms with Gasteiger partial charge in [0.05, 0.1) is 23.5 Å². The summed E-state index contributed by atoms with van der Waals surface area (Å²) in [4.78, 5) is 18.9. The van der Waals surface area contributed by atoms with Crippen molar-refractivity contribution in [3.05, 3.63) is 54.0 Å². The number of piperidine rings is 1. The van der Waals surface area contributed by atoms with Crippen LogP contribution in [0.3, 0.4) is 0 Å². The molecular formula is C21H23FN2O3. The maximum Gasteiger partial charge on any atom is 0.255 e. The summed E-state index contributed by atoms with van der Waals surface area (Å²) < 4.78 is 18.9. The number of aliphatic hydroxyl groups is 1. The number of carbonyl (C=O) groups is 1. The topological polar surface area (TPSA) is 62.7 Å². The van der Waals surface area contributed by atoms with Crippen molar-refractivity contribution in [2.24, 2.45) is 5.41 Å². The van der Waals surface area contributed by atoms with E-state index in [-0.39, 0.29) is 29.3 Å². The molecule has 1 saturated carbocycles. The van der Waals surface area contributed by atoms with Crippen LogP contribution in [0.2, 0.25) is 0 Å². The first-order valence-corrected chi connectivity index (χ1v) is 9.25. The van der Waals surface area contributed by atoms with Crippen LogP contribution in [0.15, 0.2) is 42.6 Å². The Labute approximate surface area is 157 Å². The molecule has 4 rings (SSSR count). The summed E-state index contributed by atoms with van der Waals surface area (Å²) in [5.41, 5.74) is 1.62. The monoisotopic (exact) mass is 370 g/mol. The molecule has 2 aromatic rings. The van der Waals surface area contributed by atoms with Gasteiger partial charge in [-0.1, -0.05) is 12.1 Å². The van der Waals surface area contributed by atoms with Crippen molar-refractivity contribution in [1.29, 1.82) is 0 Å². The number of carbonyl (C=O) groups excluding carboxylic acids is 1. The zero-order chi connectivity index (χ0) is 19.0. The molecule has 2 heterocycles. The predicted octanol–water partition coefficient (Wildman–Crippen LogP) is 2.89. The predicted molar refractivity (Wildman–Crippen MR) is 98.6 cm³/mol. The Hall–Kier alpha value is -2.31. The molecular weight excluding hydrogens is 347 g/mol. The lowest BCUT2D eigenvalue weighted by molar-refractivity contribution is -0.199. The number of pyridine rings is 1. The number of methoxy groups -OCH3 is 1. The van der Waals surface area contributed by atoms with Gasteiger partial charge < -0.3 is 14.7 Å². The first kappa shape index (κ1) is 18.1. The standard InChI is InChI=1S/C21H23FN2O3/c1-27-19-12-18(25)21(19)7-9-24(10-8-21)20(26)15-5-6-17(23-13-15)14-3-2-4-16(22)11-14/h2-6,11,13,18-19,25H,7-10,12H2,1H3/t18-,19+/m1/s1. The van der Waals surface area contributed by atoms with Crippen molar-refractivity contribution < 1.29 is 19.0 Å². The molecule has 2 fully saturated rings. The third-order valence-corrected chi connectivity index (χ3v) is 6.14. The molecule has 0 bridgehead atoms. The average Bonchev–Trinajstić information content (AvgIpc) is 2.71. The summed E-state index contributed by atoms with van der Waals surface area (Å²) in [5, 5.41) is 10.2. The number of benzene rings is 1. The molecule has 0 radical (unpaired) electrons. The van der Waals surface area contributed by atoms with Crippen LogP contribution in [0.1, 0.15) is 29.6 Å². The van der Waals surface area contributed by atoms with Crippen molar-refractivity contribution in [2.45, 2.75) is 31.5 Å². The van der Waals surface area contributed by atoms with Crippen LogP contribution in [0.25, 0.3) is 11.3 Å². The SMILES string of the molecule is CO[C@H]1C[C@@H](O)C12CCN(C(=O)c1ccc(-c3cccc(F)c3)nc1)CC2. The maximum atomic E-state index is 13.4. The van der Waals surface area contributed by atoms with Crippen LogP contribution in [-0.2, 0) is 4.74 Å². The maximum absolute atomic E-state index is 13.4. The largest absolute Gasteiger partial charge is 0.392 e. The van der Waals surface area contributed by atoms with Gasteiger partial charge in [0.1, 0.15) is 5.82 Å². The van der Waals surface area contributed by atoms with Gasteiger partial charge in [0.25, 0.3) is 5.91 Å². The van der Waals surface area contributed by atoms with Crippen molar-refractivity contribution in [2.75, 3.05) is 20.2 Å². The Balaban J connectivity index is 1.43. The molecule has 1 N–H and O–H groups in total. The molecule has 1 saturated heterocycles. The third-order valence-electron chi connectivity index (χ3n) is 6.14. The first-order chi connectivity index (χ1) is 13.0. The minimum absolute atomic E-state index is 0.0640. The Morgan fingerprint density at radius 1 is 1.30 bits per heavy atom. The highest BCUT2D eigenvalue weighted by Crippen LogP contribution is 2.50. The minimum atomic E-state index is -0.341. The molecule has 1 aromatic carbocycles. The molecule has 1 aliphatic heterocycles. The first-order valence-electron chi connectivity index (χ1n) is 9.25. The highest BCUT2D eigenvalue weighted by Gasteiger charge is 2.56. The summed E-state index contributed by atoms with van der Waals surface area (Å²) in [7, 11) is 1.68. The van der Waals surface area contributed by atoms with Gasteiger partial charge in [-0.3, -0.25) is 9.78 Å². The smallest absolute Gasteiger partial charge is 0.255 e. The number of hydrogen-bond donors (Lipinski definition) is 1. The summed E-state index contributed by atoms with van der Waals surface area (Å²) >= 11 is 0. The molecule has 6 heteroatoms. The lowest BCUT2D eigenvalue weighted by atomic mass is 9.58. The molecule has 5 nitrogen and oxygen atoms in total. The van der Waals surface area contributed by atoms with Crippen LogP contribution in [0.5, 0.6) is 0 Å². The molecule has 2 atom stereocenters. The molecule has 142 valence electrons. The minimum Gasteiger partial charge on any atom is -0.392 e. The second-order valence-electron chi connectivity index (χ2n) is 7.44. The van der Waals surface area contributed by atoms with Gasteiger partial charge in [0, 0.05) is 43.8 Å². The van der Waals surface area contributed by atoms with Gasteiger partial charge in [0.15, 0.2) is 0 Å². The fourth-order valence-electron chi connectivity index (χ4n) is 4.36. The fourth-order valence-corrected chi connectivity index (χ4v) is 4.36. The van der Waals surface area contributed by atoms with Crippen LogP contribution >= 0.6 is 0 Å². The number of likely N-dealkylation sites (tertiary alicyclic amines) is 1. The van der Waals surface area contributed by atoms with Crippen LogP contribution in [-0.4, -0.2) is 53.3 Å². The molecule has 1 spiro atoms. The van der Waals surface area contributed by atoms with E-state index in [1.54, 1.807) is 37.6 Å². The number of amides is 1. The normalized spacial score (nSPS) is 23.9. The number of nitrogens with zero attached hydrogens (tertiary/aromatic N) is 2. The molecule has 2 aliphatic rings.